The topological polar surface area (TPSA) is 70.4 Å². The van der Waals surface area contributed by atoms with E-state index in [-0.39, 0.29) is 5.91 Å². The summed E-state index contributed by atoms with van der Waals surface area (Å²) >= 11 is 0. The fourth-order valence-corrected chi connectivity index (χ4v) is 3.07. The number of imidazole rings is 1. The smallest absolute Gasteiger partial charge is 0.229 e. The standard InChI is InChI=1S/C18H27N7O/c1-15-19-5-4-16(21-15)25-12-10-24(11-13-25)9-8-23(3)18(26)14-17-20-6-7-22(17)2/h4-7H,8-14H2,1-3H3. The molecule has 1 amide bonds. The highest BCUT2D eigenvalue weighted by Gasteiger charge is 2.19. The van der Waals surface area contributed by atoms with Gasteiger partial charge in [0.2, 0.25) is 5.91 Å². The van der Waals surface area contributed by atoms with Gasteiger partial charge in [0, 0.05) is 72.0 Å². The second-order valence-electron chi connectivity index (χ2n) is 6.74. The van der Waals surface area contributed by atoms with Crippen molar-refractivity contribution in [3.63, 3.8) is 0 Å². The molecule has 0 aliphatic carbocycles. The van der Waals surface area contributed by atoms with Crippen LogP contribution in [0.4, 0.5) is 5.82 Å². The zero-order valence-corrected chi connectivity index (χ0v) is 15.8. The van der Waals surface area contributed by atoms with Crippen LogP contribution in [0.2, 0.25) is 0 Å². The molecule has 0 spiro atoms. The molecule has 26 heavy (non-hydrogen) atoms. The Morgan fingerprint density at radius 1 is 1.19 bits per heavy atom. The lowest BCUT2D eigenvalue weighted by Crippen LogP contribution is -2.49. The number of amides is 1. The van der Waals surface area contributed by atoms with Gasteiger partial charge < -0.3 is 14.4 Å². The van der Waals surface area contributed by atoms with E-state index in [2.05, 4.69) is 24.8 Å². The number of hydrogen-bond acceptors (Lipinski definition) is 6. The highest BCUT2D eigenvalue weighted by Crippen LogP contribution is 2.13. The zero-order chi connectivity index (χ0) is 18.5. The Kier molecular flexibility index (Phi) is 5.82. The van der Waals surface area contributed by atoms with E-state index in [9.17, 15) is 4.79 Å². The monoisotopic (exact) mass is 357 g/mol. The number of hydrogen-bond donors (Lipinski definition) is 0. The van der Waals surface area contributed by atoms with E-state index in [1.54, 1.807) is 11.1 Å². The first-order valence-corrected chi connectivity index (χ1v) is 9.00. The third-order valence-electron chi connectivity index (χ3n) is 4.87. The Hall–Kier alpha value is -2.48. The maximum absolute atomic E-state index is 12.3. The van der Waals surface area contributed by atoms with Crippen LogP contribution in [0.15, 0.2) is 24.7 Å². The van der Waals surface area contributed by atoms with Gasteiger partial charge in [-0.2, -0.15) is 0 Å². The van der Waals surface area contributed by atoms with Crippen molar-refractivity contribution in [1.82, 2.24) is 29.3 Å². The van der Waals surface area contributed by atoms with Crippen LogP contribution in [-0.4, -0.2) is 81.5 Å². The molecule has 1 aliphatic rings. The van der Waals surface area contributed by atoms with Gasteiger partial charge >= 0.3 is 0 Å². The number of anilines is 1. The second-order valence-corrected chi connectivity index (χ2v) is 6.74. The molecule has 2 aromatic rings. The van der Waals surface area contributed by atoms with Gasteiger partial charge in [-0.15, -0.1) is 0 Å². The molecule has 1 saturated heterocycles. The van der Waals surface area contributed by atoms with Crippen molar-refractivity contribution < 1.29 is 4.79 Å². The summed E-state index contributed by atoms with van der Waals surface area (Å²) in [6.45, 7) is 7.38. The quantitative estimate of drug-likeness (QED) is 0.743. The van der Waals surface area contributed by atoms with Gasteiger partial charge in [0.15, 0.2) is 0 Å². The minimum Gasteiger partial charge on any atom is -0.354 e. The van der Waals surface area contributed by atoms with Crippen molar-refractivity contribution in [3.05, 3.63) is 36.3 Å². The summed E-state index contributed by atoms with van der Waals surface area (Å²) in [6, 6.07) is 1.97. The number of piperazine rings is 1. The van der Waals surface area contributed by atoms with Crippen LogP contribution in [-0.2, 0) is 18.3 Å². The van der Waals surface area contributed by atoms with Crippen LogP contribution in [0.25, 0.3) is 0 Å². The van der Waals surface area contributed by atoms with Crippen LogP contribution in [0, 0.1) is 6.92 Å². The van der Waals surface area contributed by atoms with Crippen molar-refractivity contribution in [1.29, 1.82) is 0 Å². The molecule has 0 radical (unpaired) electrons. The molecule has 1 aliphatic heterocycles. The van der Waals surface area contributed by atoms with E-state index in [0.717, 1.165) is 56.7 Å². The molecule has 0 unspecified atom stereocenters. The number of carbonyl (C=O) groups is 1. The molecule has 3 heterocycles. The Bertz CT molecular complexity index is 737. The molecule has 2 aromatic heterocycles. The lowest BCUT2D eigenvalue weighted by molar-refractivity contribution is -0.129. The number of carbonyl (C=O) groups excluding carboxylic acids is 1. The predicted molar refractivity (Wildman–Crippen MR) is 100.0 cm³/mol. The number of nitrogens with zero attached hydrogens (tertiary/aromatic N) is 7. The summed E-state index contributed by atoms with van der Waals surface area (Å²) in [5.74, 6) is 2.71. The van der Waals surface area contributed by atoms with Crippen LogP contribution >= 0.6 is 0 Å². The van der Waals surface area contributed by atoms with Gasteiger partial charge in [-0.25, -0.2) is 15.0 Å². The van der Waals surface area contributed by atoms with E-state index in [1.165, 1.54) is 0 Å². The Morgan fingerprint density at radius 3 is 2.62 bits per heavy atom. The minimum absolute atomic E-state index is 0.106. The average molecular weight is 357 g/mol. The molecular weight excluding hydrogens is 330 g/mol. The van der Waals surface area contributed by atoms with Crippen LogP contribution in [0.5, 0.6) is 0 Å². The molecule has 0 N–H and O–H groups in total. The molecule has 1 fully saturated rings. The van der Waals surface area contributed by atoms with Gasteiger partial charge in [0.25, 0.3) is 0 Å². The highest BCUT2D eigenvalue weighted by molar-refractivity contribution is 5.77. The summed E-state index contributed by atoms with van der Waals surface area (Å²) in [5.41, 5.74) is 0. The van der Waals surface area contributed by atoms with Crippen LogP contribution < -0.4 is 4.90 Å². The first kappa shape index (κ1) is 18.3. The SMILES string of the molecule is Cc1nccc(N2CCN(CCN(C)C(=O)Cc3nccn3C)CC2)n1. The lowest BCUT2D eigenvalue weighted by atomic mass is 10.3. The number of rotatable bonds is 6. The average Bonchev–Trinajstić information content (AvgIpc) is 3.04. The molecule has 8 nitrogen and oxygen atoms in total. The molecule has 140 valence electrons. The van der Waals surface area contributed by atoms with Crippen LogP contribution in [0.3, 0.4) is 0 Å². The van der Waals surface area contributed by atoms with Crippen molar-refractivity contribution >= 4 is 11.7 Å². The molecule has 0 saturated carbocycles. The Labute approximate surface area is 154 Å². The fraction of sp³-hybridized carbons (Fsp3) is 0.556. The van der Waals surface area contributed by atoms with Gasteiger partial charge in [-0.3, -0.25) is 9.69 Å². The second kappa shape index (κ2) is 8.27. The summed E-state index contributed by atoms with van der Waals surface area (Å²) in [5, 5.41) is 0. The van der Waals surface area contributed by atoms with Gasteiger partial charge in [0.1, 0.15) is 17.5 Å². The number of aryl methyl sites for hydroxylation is 2. The summed E-state index contributed by atoms with van der Waals surface area (Å²) in [4.78, 5) is 31.7. The van der Waals surface area contributed by atoms with Crippen LogP contribution in [0.1, 0.15) is 11.6 Å². The Morgan fingerprint density at radius 2 is 1.96 bits per heavy atom. The van der Waals surface area contributed by atoms with E-state index >= 15 is 0 Å². The first-order valence-electron chi connectivity index (χ1n) is 9.00. The van der Waals surface area contributed by atoms with Gasteiger partial charge in [-0.05, 0) is 13.0 Å². The fourth-order valence-electron chi connectivity index (χ4n) is 3.07. The van der Waals surface area contributed by atoms with Gasteiger partial charge in [-0.1, -0.05) is 0 Å². The normalized spacial score (nSPS) is 15.3. The maximum atomic E-state index is 12.3. The third kappa shape index (κ3) is 4.57. The Balaban J connectivity index is 1.42. The van der Waals surface area contributed by atoms with Crippen molar-refractivity contribution in [2.75, 3.05) is 51.2 Å². The molecule has 3 rings (SSSR count). The van der Waals surface area contributed by atoms with E-state index in [4.69, 9.17) is 0 Å². The van der Waals surface area contributed by atoms with E-state index < -0.39 is 0 Å². The van der Waals surface area contributed by atoms with Crippen molar-refractivity contribution in [2.45, 2.75) is 13.3 Å². The third-order valence-corrected chi connectivity index (χ3v) is 4.87. The highest BCUT2D eigenvalue weighted by atomic mass is 16.2. The lowest BCUT2D eigenvalue weighted by Gasteiger charge is -2.36. The molecule has 0 aromatic carbocycles. The zero-order valence-electron chi connectivity index (χ0n) is 15.8. The summed E-state index contributed by atoms with van der Waals surface area (Å²) in [6.07, 6.45) is 5.75. The minimum atomic E-state index is 0.106. The maximum Gasteiger partial charge on any atom is 0.229 e. The van der Waals surface area contributed by atoms with Gasteiger partial charge in [0.05, 0.1) is 6.42 Å². The molecule has 0 atom stereocenters. The van der Waals surface area contributed by atoms with E-state index in [1.807, 2.05) is 44.0 Å². The van der Waals surface area contributed by atoms with Crippen molar-refractivity contribution in [2.24, 2.45) is 7.05 Å². The predicted octanol–water partition coefficient (Wildman–Crippen LogP) is 0.342. The number of likely N-dealkylation sites (N-methyl/N-ethyl adjacent to an activating group) is 1. The number of aromatic nitrogens is 4. The molecule has 0 bridgehead atoms. The van der Waals surface area contributed by atoms with E-state index in [0.29, 0.717) is 6.42 Å². The summed E-state index contributed by atoms with van der Waals surface area (Å²) in [7, 11) is 3.78. The molecular formula is C18H27N7O. The summed E-state index contributed by atoms with van der Waals surface area (Å²) < 4.78 is 1.89. The first-order chi connectivity index (χ1) is 12.5. The van der Waals surface area contributed by atoms with Crippen molar-refractivity contribution in [3.8, 4) is 0 Å². The molecule has 8 heteroatoms. The largest absolute Gasteiger partial charge is 0.354 e.